The summed E-state index contributed by atoms with van der Waals surface area (Å²) in [6, 6.07) is 29.4. The zero-order valence-electron chi connectivity index (χ0n) is 23.8. The molecule has 3 aliphatic carbocycles. The van der Waals surface area contributed by atoms with Crippen LogP contribution in [0.2, 0.25) is 0 Å². The summed E-state index contributed by atoms with van der Waals surface area (Å²) in [5, 5.41) is 0. The van der Waals surface area contributed by atoms with Crippen molar-refractivity contribution < 1.29 is 0 Å². The van der Waals surface area contributed by atoms with E-state index in [9.17, 15) is 0 Å². The van der Waals surface area contributed by atoms with Gasteiger partial charge in [-0.2, -0.15) is 0 Å². The summed E-state index contributed by atoms with van der Waals surface area (Å²) in [7, 11) is 0. The van der Waals surface area contributed by atoms with Gasteiger partial charge in [0.05, 0.1) is 6.04 Å². The van der Waals surface area contributed by atoms with Crippen molar-refractivity contribution in [2.45, 2.75) is 64.5 Å². The Morgan fingerprint density at radius 2 is 1.50 bits per heavy atom. The van der Waals surface area contributed by atoms with Crippen LogP contribution in [0.25, 0.3) is 5.57 Å². The highest BCUT2D eigenvalue weighted by Gasteiger charge is 2.31. The van der Waals surface area contributed by atoms with Crippen LogP contribution in [0.4, 0.5) is 17.1 Å². The Kier molecular flexibility index (Phi) is 7.86. The second-order valence-corrected chi connectivity index (χ2v) is 11.3. The quantitative estimate of drug-likeness (QED) is 0.303. The lowest BCUT2D eigenvalue weighted by Gasteiger charge is -2.43. The van der Waals surface area contributed by atoms with Gasteiger partial charge in [-0.05, 0) is 112 Å². The molecule has 0 radical (unpaired) electrons. The van der Waals surface area contributed by atoms with E-state index in [1.807, 2.05) is 0 Å². The minimum Gasteiger partial charge on any atom is -0.362 e. The number of allylic oxidation sites excluding steroid dienone is 6. The van der Waals surface area contributed by atoms with Gasteiger partial charge in [0, 0.05) is 28.8 Å². The number of aryl methyl sites for hydroxylation is 1. The third kappa shape index (κ3) is 5.49. The van der Waals surface area contributed by atoms with Gasteiger partial charge in [0.1, 0.15) is 0 Å². The Morgan fingerprint density at radius 1 is 0.750 bits per heavy atom. The zero-order valence-corrected chi connectivity index (χ0v) is 23.8. The van der Waals surface area contributed by atoms with E-state index in [1.54, 1.807) is 0 Å². The second kappa shape index (κ2) is 12.0. The molecule has 0 bridgehead atoms. The Morgan fingerprint density at radius 3 is 2.15 bits per heavy atom. The molecule has 0 heterocycles. The van der Waals surface area contributed by atoms with Crippen LogP contribution in [0.1, 0.15) is 56.6 Å². The molecule has 2 unspecified atom stereocenters. The first-order chi connectivity index (χ1) is 19.7. The number of hydrogen-bond donors (Lipinski definition) is 0. The monoisotopic (exact) mass is 524 g/mol. The third-order valence-electron chi connectivity index (χ3n) is 8.62. The molecule has 202 valence electrons. The highest BCUT2D eigenvalue weighted by atomic mass is 15.2. The van der Waals surface area contributed by atoms with Crippen molar-refractivity contribution in [3.63, 3.8) is 0 Å². The van der Waals surface area contributed by atoms with E-state index in [4.69, 9.17) is 0 Å². The van der Waals surface area contributed by atoms with Gasteiger partial charge >= 0.3 is 0 Å². The molecule has 3 aromatic carbocycles. The number of benzene rings is 3. The summed E-state index contributed by atoms with van der Waals surface area (Å²) < 4.78 is 0. The first-order valence-electron chi connectivity index (χ1n) is 14.9. The predicted molar refractivity (Wildman–Crippen MR) is 171 cm³/mol. The molecule has 0 saturated heterocycles. The predicted octanol–water partition coefficient (Wildman–Crippen LogP) is 10.2. The Labute approximate surface area is 240 Å². The summed E-state index contributed by atoms with van der Waals surface area (Å²) in [6.07, 6.45) is 23.1. The summed E-state index contributed by atoms with van der Waals surface area (Å²) >= 11 is 0. The average Bonchev–Trinajstić information content (AvgIpc) is 3.01. The van der Waals surface area contributed by atoms with Gasteiger partial charge in [-0.15, -0.1) is 0 Å². The summed E-state index contributed by atoms with van der Waals surface area (Å²) in [5.41, 5.74) is 10.8. The number of rotatable bonds is 7. The molecule has 3 aliphatic rings. The van der Waals surface area contributed by atoms with Crippen molar-refractivity contribution >= 4 is 22.6 Å². The fourth-order valence-electron chi connectivity index (χ4n) is 6.54. The van der Waals surface area contributed by atoms with Gasteiger partial charge in [0.2, 0.25) is 0 Å². The molecule has 2 heteroatoms. The molecule has 3 aromatic rings. The maximum atomic E-state index is 2.74. The Balaban J connectivity index is 1.37. The van der Waals surface area contributed by atoms with E-state index in [0.717, 1.165) is 32.1 Å². The molecule has 0 saturated carbocycles. The number of nitrogens with zero attached hydrogens (tertiary/aromatic N) is 2. The smallest absolute Gasteiger partial charge is 0.0513 e. The van der Waals surface area contributed by atoms with Crippen molar-refractivity contribution in [2.75, 3.05) is 4.90 Å². The minimum atomic E-state index is 0.419. The fourth-order valence-corrected chi connectivity index (χ4v) is 6.54. The van der Waals surface area contributed by atoms with E-state index in [0.29, 0.717) is 12.1 Å². The number of hydrogen-bond acceptors (Lipinski definition) is 2. The van der Waals surface area contributed by atoms with Crippen LogP contribution in [-0.4, -0.2) is 17.0 Å². The number of para-hydroxylation sites is 2. The van der Waals surface area contributed by atoms with Crippen LogP contribution in [0.5, 0.6) is 0 Å². The van der Waals surface area contributed by atoms with E-state index >= 15 is 0 Å². The maximum Gasteiger partial charge on any atom is 0.0513 e. The van der Waals surface area contributed by atoms with Crippen molar-refractivity contribution in [1.29, 1.82) is 0 Å². The standard InChI is InChI=1S/C38H40N2/c1-29-23-25-35(39(31-15-7-3-8-16-31)32-17-9-4-10-18-32)27-37(29)38-28-36(26-24-30(38)2)40(33-19-11-5-12-20-33)34-21-13-6-14-22-34/h3-5,7-13,15-19,21-23,25,27,33,36H,6,14,20,24,26,28H2,1-2H3. The van der Waals surface area contributed by atoms with Crippen molar-refractivity contribution in [3.8, 4) is 0 Å². The van der Waals surface area contributed by atoms with E-state index in [2.05, 4.69) is 145 Å². The van der Waals surface area contributed by atoms with E-state index < -0.39 is 0 Å². The molecule has 0 aromatic heterocycles. The zero-order chi connectivity index (χ0) is 27.3. The maximum absolute atomic E-state index is 2.74. The van der Waals surface area contributed by atoms with Gasteiger partial charge in [0.15, 0.2) is 0 Å². The van der Waals surface area contributed by atoms with Crippen molar-refractivity contribution in [1.82, 2.24) is 4.90 Å². The minimum absolute atomic E-state index is 0.419. The lowest BCUT2D eigenvalue weighted by atomic mass is 9.82. The van der Waals surface area contributed by atoms with Crippen molar-refractivity contribution in [2.24, 2.45) is 0 Å². The van der Waals surface area contributed by atoms with Crippen molar-refractivity contribution in [3.05, 3.63) is 144 Å². The van der Waals surface area contributed by atoms with Crippen LogP contribution in [0.3, 0.4) is 0 Å². The normalized spacial score (nSPS) is 20.4. The molecular formula is C38H40N2. The van der Waals surface area contributed by atoms with Gasteiger partial charge < -0.3 is 9.80 Å². The van der Waals surface area contributed by atoms with E-state index in [-0.39, 0.29) is 0 Å². The molecule has 2 nitrogen and oxygen atoms in total. The molecule has 40 heavy (non-hydrogen) atoms. The van der Waals surface area contributed by atoms with Crippen LogP contribution in [-0.2, 0) is 0 Å². The molecule has 0 amide bonds. The molecule has 6 rings (SSSR count). The second-order valence-electron chi connectivity index (χ2n) is 11.3. The Hall–Kier alpha value is -4.04. The SMILES string of the molecule is CC1=C(c2cc(N(c3ccccc3)c3ccccc3)ccc2C)CC(N(C2=CCCC=C2)C2C=CC=CC2)CC1. The molecule has 2 atom stereocenters. The van der Waals surface area contributed by atoms with Gasteiger partial charge in [-0.25, -0.2) is 0 Å². The molecular weight excluding hydrogens is 484 g/mol. The van der Waals surface area contributed by atoms with Gasteiger partial charge in [-0.3, -0.25) is 0 Å². The Bertz CT molecular complexity index is 1430. The molecule has 0 N–H and O–H groups in total. The summed E-state index contributed by atoms with van der Waals surface area (Å²) in [6.45, 7) is 4.63. The van der Waals surface area contributed by atoms with Crippen LogP contribution in [0, 0.1) is 6.92 Å². The largest absolute Gasteiger partial charge is 0.362 e. The number of anilines is 3. The third-order valence-corrected chi connectivity index (χ3v) is 8.62. The lowest BCUT2D eigenvalue weighted by molar-refractivity contribution is 0.205. The van der Waals surface area contributed by atoms with Crippen LogP contribution < -0.4 is 4.90 Å². The van der Waals surface area contributed by atoms with Gasteiger partial charge in [-0.1, -0.05) is 84.5 Å². The summed E-state index contributed by atoms with van der Waals surface area (Å²) in [5.74, 6) is 0. The lowest BCUT2D eigenvalue weighted by Crippen LogP contribution is -2.43. The molecule has 0 spiro atoms. The first-order valence-corrected chi connectivity index (χ1v) is 14.9. The fraction of sp³-hybridized carbons (Fsp3) is 0.263. The van der Waals surface area contributed by atoms with Gasteiger partial charge in [0.25, 0.3) is 0 Å². The van der Waals surface area contributed by atoms with Crippen LogP contribution >= 0.6 is 0 Å². The highest BCUT2D eigenvalue weighted by molar-refractivity contribution is 5.81. The van der Waals surface area contributed by atoms with Crippen LogP contribution in [0.15, 0.2) is 133 Å². The van der Waals surface area contributed by atoms with E-state index in [1.165, 1.54) is 51.5 Å². The topological polar surface area (TPSA) is 6.48 Å². The molecule has 0 fully saturated rings. The molecule has 0 aliphatic heterocycles. The average molecular weight is 525 g/mol. The first kappa shape index (κ1) is 26.2. The highest BCUT2D eigenvalue weighted by Crippen LogP contribution is 2.42. The summed E-state index contributed by atoms with van der Waals surface area (Å²) in [4.78, 5) is 5.11.